The van der Waals surface area contributed by atoms with Crippen LogP contribution in [-0.4, -0.2) is 61.2 Å². The summed E-state index contributed by atoms with van der Waals surface area (Å²) in [6.07, 6.45) is 2.27. The lowest BCUT2D eigenvalue weighted by molar-refractivity contribution is -0.148. The van der Waals surface area contributed by atoms with Crippen LogP contribution in [-0.2, 0) is 0 Å². The third-order valence-corrected chi connectivity index (χ3v) is 4.55. The van der Waals surface area contributed by atoms with Crippen LogP contribution >= 0.6 is 0 Å². The first kappa shape index (κ1) is 17.4. The van der Waals surface area contributed by atoms with E-state index in [2.05, 4.69) is 9.89 Å². The maximum atomic E-state index is 12.3. The molecule has 2 heterocycles. The molecule has 4 nitrogen and oxygen atoms in total. The molecule has 0 aliphatic carbocycles. The highest BCUT2D eigenvalue weighted by molar-refractivity contribution is 5.78. The van der Waals surface area contributed by atoms with Gasteiger partial charge in [-0.25, -0.2) is 0 Å². The smallest absolute Gasteiger partial charge is 0.370 e. The van der Waals surface area contributed by atoms with E-state index in [1.54, 1.807) is 0 Å². The monoisotopic (exact) mass is 320 g/mol. The number of nitrogens with two attached hydrogens (primary N) is 1. The van der Waals surface area contributed by atoms with Gasteiger partial charge in [0.05, 0.1) is 6.54 Å². The number of aliphatic imine (C=N–C) groups is 1. The number of guanidine groups is 1. The zero-order valence-electron chi connectivity index (χ0n) is 13.1. The third kappa shape index (κ3) is 6.02. The molecule has 7 heteroatoms. The van der Waals surface area contributed by atoms with Crippen LogP contribution < -0.4 is 5.73 Å². The van der Waals surface area contributed by atoms with E-state index in [9.17, 15) is 13.2 Å². The van der Waals surface area contributed by atoms with Crippen LogP contribution in [0, 0.1) is 5.92 Å². The summed E-state index contributed by atoms with van der Waals surface area (Å²) in [7, 11) is 0. The summed E-state index contributed by atoms with van der Waals surface area (Å²) in [4.78, 5) is 8.12. The van der Waals surface area contributed by atoms with Gasteiger partial charge in [0.15, 0.2) is 5.96 Å². The second kappa shape index (κ2) is 8.04. The molecule has 128 valence electrons. The Morgan fingerprint density at radius 1 is 1.00 bits per heavy atom. The van der Waals surface area contributed by atoms with Gasteiger partial charge < -0.3 is 10.6 Å². The Morgan fingerprint density at radius 3 is 2.14 bits per heavy atom. The molecular formula is C15H27F3N4. The molecule has 2 aliphatic heterocycles. The van der Waals surface area contributed by atoms with E-state index in [-0.39, 0.29) is 0 Å². The number of likely N-dealkylation sites (tertiary alicyclic amines) is 2. The minimum atomic E-state index is -4.10. The Hall–Kier alpha value is -0.980. The van der Waals surface area contributed by atoms with Crippen LogP contribution in [0.1, 0.15) is 38.5 Å². The number of halogens is 3. The summed E-state index contributed by atoms with van der Waals surface area (Å²) in [5.74, 6) is 0.967. The summed E-state index contributed by atoms with van der Waals surface area (Å²) in [6, 6.07) is 0. The van der Waals surface area contributed by atoms with Crippen LogP contribution in [0.15, 0.2) is 4.99 Å². The van der Waals surface area contributed by atoms with Crippen molar-refractivity contribution < 1.29 is 13.2 Å². The Bertz CT molecular complexity index is 354. The van der Waals surface area contributed by atoms with Crippen molar-refractivity contribution in [2.75, 3.05) is 39.3 Å². The summed E-state index contributed by atoms with van der Waals surface area (Å²) < 4.78 is 37.0. The van der Waals surface area contributed by atoms with Crippen molar-refractivity contribution in [3.8, 4) is 0 Å². The van der Waals surface area contributed by atoms with Gasteiger partial charge in [0.1, 0.15) is 0 Å². The summed E-state index contributed by atoms with van der Waals surface area (Å²) in [5.41, 5.74) is 6.06. The molecule has 0 aromatic carbocycles. The van der Waals surface area contributed by atoms with Crippen LogP contribution in [0.25, 0.3) is 0 Å². The first-order chi connectivity index (χ1) is 10.4. The fraction of sp³-hybridized carbons (Fsp3) is 0.933. The summed E-state index contributed by atoms with van der Waals surface area (Å²) in [6.45, 7) is 2.80. The van der Waals surface area contributed by atoms with E-state index in [4.69, 9.17) is 5.73 Å². The minimum absolute atomic E-state index is 0.356. The Morgan fingerprint density at radius 2 is 1.59 bits per heavy atom. The van der Waals surface area contributed by atoms with Crippen molar-refractivity contribution in [1.29, 1.82) is 0 Å². The van der Waals surface area contributed by atoms with Gasteiger partial charge >= 0.3 is 6.18 Å². The Kier molecular flexibility index (Phi) is 6.35. The molecule has 0 amide bonds. The van der Waals surface area contributed by atoms with E-state index in [1.807, 2.05) is 0 Å². The molecule has 2 fully saturated rings. The topological polar surface area (TPSA) is 44.9 Å². The molecule has 0 radical (unpaired) electrons. The maximum Gasteiger partial charge on any atom is 0.401 e. The number of rotatable bonds is 3. The number of hydrogen-bond acceptors (Lipinski definition) is 2. The predicted octanol–water partition coefficient (Wildman–Crippen LogP) is 2.45. The van der Waals surface area contributed by atoms with Crippen molar-refractivity contribution >= 4 is 5.96 Å². The fourth-order valence-corrected chi connectivity index (χ4v) is 3.20. The lowest BCUT2D eigenvalue weighted by atomic mass is 9.97. The molecule has 0 bridgehead atoms. The highest BCUT2D eigenvalue weighted by Gasteiger charge is 2.32. The average Bonchev–Trinajstić information content (AvgIpc) is 2.74. The molecule has 2 aliphatic rings. The number of nitrogens with zero attached hydrogens (tertiary/aromatic N) is 3. The van der Waals surface area contributed by atoms with Gasteiger partial charge in [-0.2, -0.15) is 13.2 Å². The molecule has 0 unspecified atom stereocenters. The number of hydrogen-bond donors (Lipinski definition) is 1. The van der Waals surface area contributed by atoms with E-state index < -0.39 is 12.7 Å². The molecule has 2 N–H and O–H groups in total. The lowest BCUT2D eigenvalue weighted by Gasteiger charge is -2.32. The molecule has 22 heavy (non-hydrogen) atoms. The highest BCUT2D eigenvalue weighted by atomic mass is 19.4. The standard InChI is InChI=1S/C15H27F3N4/c16-15(17,18)12-21-9-5-13(6-10-21)11-20-14(19)22-7-3-1-2-4-8-22/h13H,1-12H2,(H2,19,20). The van der Waals surface area contributed by atoms with Crippen LogP contribution in [0.5, 0.6) is 0 Å². The SMILES string of the molecule is NC(=NCC1CCN(CC(F)(F)F)CC1)N1CCCCCC1. The largest absolute Gasteiger partial charge is 0.401 e. The molecule has 2 rings (SSSR count). The number of alkyl halides is 3. The molecule has 0 aromatic rings. The van der Waals surface area contributed by atoms with Gasteiger partial charge in [0, 0.05) is 19.6 Å². The Labute approximate surface area is 130 Å². The van der Waals surface area contributed by atoms with Gasteiger partial charge in [-0.3, -0.25) is 9.89 Å². The van der Waals surface area contributed by atoms with Gasteiger partial charge in [0.2, 0.25) is 0 Å². The van der Waals surface area contributed by atoms with Crippen LogP contribution in [0.2, 0.25) is 0 Å². The van der Waals surface area contributed by atoms with E-state index in [0.29, 0.717) is 31.5 Å². The van der Waals surface area contributed by atoms with Gasteiger partial charge in [-0.05, 0) is 44.7 Å². The zero-order valence-corrected chi connectivity index (χ0v) is 13.1. The highest BCUT2D eigenvalue weighted by Crippen LogP contribution is 2.22. The van der Waals surface area contributed by atoms with Gasteiger partial charge in [0.25, 0.3) is 0 Å². The quantitative estimate of drug-likeness (QED) is 0.642. The lowest BCUT2D eigenvalue weighted by Crippen LogP contribution is -2.41. The van der Waals surface area contributed by atoms with Crippen LogP contribution in [0.4, 0.5) is 13.2 Å². The minimum Gasteiger partial charge on any atom is -0.370 e. The third-order valence-electron chi connectivity index (χ3n) is 4.55. The van der Waals surface area contributed by atoms with E-state index in [1.165, 1.54) is 17.7 Å². The molecule has 0 aromatic heterocycles. The average molecular weight is 320 g/mol. The predicted molar refractivity (Wildman–Crippen MR) is 81.7 cm³/mol. The molecule has 0 atom stereocenters. The second-order valence-corrected chi connectivity index (χ2v) is 6.43. The maximum absolute atomic E-state index is 12.3. The fourth-order valence-electron chi connectivity index (χ4n) is 3.20. The van der Waals surface area contributed by atoms with Gasteiger partial charge in [-0.1, -0.05) is 12.8 Å². The normalized spacial score (nSPS) is 23.6. The molecule has 2 saturated heterocycles. The van der Waals surface area contributed by atoms with Crippen molar-refractivity contribution in [1.82, 2.24) is 9.80 Å². The summed E-state index contributed by atoms with van der Waals surface area (Å²) >= 11 is 0. The van der Waals surface area contributed by atoms with E-state index >= 15 is 0 Å². The first-order valence-electron chi connectivity index (χ1n) is 8.28. The molecule has 0 saturated carbocycles. The molecular weight excluding hydrogens is 293 g/mol. The first-order valence-corrected chi connectivity index (χ1v) is 8.28. The number of piperidine rings is 1. The van der Waals surface area contributed by atoms with Crippen molar-refractivity contribution in [3.05, 3.63) is 0 Å². The second-order valence-electron chi connectivity index (χ2n) is 6.43. The van der Waals surface area contributed by atoms with Crippen LogP contribution in [0.3, 0.4) is 0 Å². The Balaban J connectivity index is 1.72. The van der Waals surface area contributed by atoms with Crippen molar-refractivity contribution in [2.45, 2.75) is 44.7 Å². The zero-order chi connectivity index (χ0) is 16.0. The summed E-state index contributed by atoms with van der Waals surface area (Å²) in [5, 5.41) is 0. The van der Waals surface area contributed by atoms with Gasteiger partial charge in [-0.15, -0.1) is 0 Å². The van der Waals surface area contributed by atoms with Crippen molar-refractivity contribution in [3.63, 3.8) is 0 Å². The van der Waals surface area contributed by atoms with E-state index in [0.717, 1.165) is 38.8 Å². The molecule has 0 spiro atoms. The van der Waals surface area contributed by atoms with Crippen molar-refractivity contribution in [2.24, 2.45) is 16.6 Å².